The first-order valence-corrected chi connectivity index (χ1v) is 4.87. The number of pyridine rings is 1. The van der Waals surface area contributed by atoms with E-state index in [0.29, 0.717) is 5.88 Å². The maximum absolute atomic E-state index is 9.76. The third-order valence-electron chi connectivity index (χ3n) is 2.21. The number of nitrogens with two attached hydrogens (primary N) is 1. The SMILES string of the molecule is COc1ccc(N)c(C(O)C(O)CCO)n1. The number of hydrogen-bond donors (Lipinski definition) is 4. The molecule has 16 heavy (non-hydrogen) atoms. The van der Waals surface area contributed by atoms with Gasteiger partial charge in [0.05, 0.1) is 24.6 Å². The predicted molar refractivity (Wildman–Crippen MR) is 57.9 cm³/mol. The molecule has 5 N–H and O–H groups in total. The fourth-order valence-electron chi connectivity index (χ4n) is 1.29. The minimum absolute atomic E-state index is 0.0551. The Labute approximate surface area is 93.3 Å². The van der Waals surface area contributed by atoms with Crippen molar-refractivity contribution in [1.29, 1.82) is 0 Å². The summed E-state index contributed by atoms with van der Waals surface area (Å²) in [7, 11) is 1.44. The molecule has 0 radical (unpaired) electrons. The summed E-state index contributed by atoms with van der Waals surface area (Å²) in [5.74, 6) is 0.305. The monoisotopic (exact) mass is 228 g/mol. The van der Waals surface area contributed by atoms with E-state index >= 15 is 0 Å². The van der Waals surface area contributed by atoms with Crippen LogP contribution in [0.3, 0.4) is 0 Å². The van der Waals surface area contributed by atoms with Crippen LogP contribution in [0.1, 0.15) is 18.2 Å². The molecule has 1 rings (SSSR count). The average molecular weight is 228 g/mol. The highest BCUT2D eigenvalue weighted by atomic mass is 16.5. The highest BCUT2D eigenvalue weighted by Crippen LogP contribution is 2.24. The van der Waals surface area contributed by atoms with Gasteiger partial charge >= 0.3 is 0 Å². The molecule has 0 aliphatic carbocycles. The summed E-state index contributed by atoms with van der Waals surface area (Å²) in [5.41, 5.74) is 6.05. The fourth-order valence-corrected chi connectivity index (χ4v) is 1.29. The summed E-state index contributed by atoms with van der Waals surface area (Å²) in [6.07, 6.45) is -2.28. The van der Waals surface area contributed by atoms with Crippen LogP contribution in [-0.2, 0) is 0 Å². The number of ether oxygens (including phenoxy) is 1. The van der Waals surface area contributed by atoms with Crippen molar-refractivity contribution in [3.8, 4) is 5.88 Å². The molecule has 0 aliphatic rings. The Morgan fingerprint density at radius 1 is 1.44 bits per heavy atom. The van der Waals surface area contributed by atoms with Gasteiger partial charge in [0, 0.05) is 12.7 Å². The molecule has 6 nitrogen and oxygen atoms in total. The van der Waals surface area contributed by atoms with Crippen LogP contribution in [0, 0.1) is 0 Å². The van der Waals surface area contributed by atoms with Gasteiger partial charge in [-0.1, -0.05) is 0 Å². The average Bonchev–Trinajstić information content (AvgIpc) is 2.29. The van der Waals surface area contributed by atoms with Gasteiger partial charge in [-0.2, -0.15) is 0 Å². The molecule has 0 bridgehead atoms. The second-order valence-corrected chi connectivity index (χ2v) is 3.35. The van der Waals surface area contributed by atoms with Crippen LogP contribution in [0.25, 0.3) is 0 Å². The van der Waals surface area contributed by atoms with E-state index in [4.69, 9.17) is 15.6 Å². The van der Waals surface area contributed by atoms with Crippen LogP contribution < -0.4 is 10.5 Å². The van der Waals surface area contributed by atoms with Crippen molar-refractivity contribution in [2.24, 2.45) is 0 Å². The Bertz CT molecular complexity index is 346. The number of rotatable bonds is 5. The van der Waals surface area contributed by atoms with Gasteiger partial charge in [0.2, 0.25) is 5.88 Å². The molecular weight excluding hydrogens is 212 g/mol. The molecule has 0 amide bonds. The molecule has 0 spiro atoms. The molecule has 1 heterocycles. The summed E-state index contributed by atoms with van der Waals surface area (Å²) in [6, 6.07) is 3.10. The molecule has 2 atom stereocenters. The van der Waals surface area contributed by atoms with E-state index in [1.165, 1.54) is 13.2 Å². The first-order valence-electron chi connectivity index (χ1n) is 4.87. The van der Waals surface area contributed by atoms with Crippen molar-refractivity contribution in [3.05, 3.63) is 17.8 Å². The molecule has 90 valence electrons. The van der Waals surface area contributed by atoms with E-state index in [9.17, 15) is 10.2 Å². The van der Waals surface area contributed by atoms with E-state index in [1.807, 2.05) is 0 Å². The number of anilines is 1. The smallest absolute Gasteiger partial charge is 0.213 e. The highest BCUT2D eigenvalue weighted by Gasteiger charge is 2.22. The minimum Gasteiger partial charge on any atom is -0.481 e. The van der Waals surface area contributed by atoms with Crippen molar-refractivity contribution >= 4 is 5.69 Å². The molecule has 1 aromatic heterocycles. The molecular formula is C10H16N2O4. The predicted octanol–water partition coefficient (Wildman–Crippen LogP) is -0.551. The van der Waals surface area contributed by atoms with Crippen LogP contribution in [0.2, 0.25) is 0 Å². The van der Waals surface area contributed by atoms with Gasteiger partial charge in [0.1, 0.15) is 6.10 Å². The van der Waals surface area contributed by atoms with Gasteiger partial charge in [-0.25, -0.2) is 4.98 Å². The fraction of sp³-hybridized carbons (Fsp3) is 0.500. The Kier molecular flexibility index (Phi) is 4.48. The number of methoxy groups -OCH3 is 1. The van der Waals surface area contributed by atoms with Crippen LogP contribution >= 0.6 is 0 Å². The minimum atomic E-state index is -1.23. The number of aromatic nitrogens is 1. The van der Waals surface area contributed by atoms with Gasteiger partial charge < -0.3 is 25.8 Å². The van der Waals surface area contributed by atoms with Gasteiger partial charge in [-0.15, -0.1) is 0 Å². The lowest BCUT2D eigenvalue weighted by molar-refractivity contribution is 0.00212. The topological polar surface area (TPSA) is 109 Å². The molecule has 6 heteroatoms. The van der Waals surface area contributed by atoms with Crippen molar-refractivity contribution in [2.45, 2.75) is 18.6 Å². The van der Waals surface area contributed by atoms with Crippen LogP contribution in [-0.4, -0.2) is 40.1 Å². The van der Waals surface area contributed by atoms with Crippen LogP contribution in [0.4, 0.5) is 5.69 Å². The third-order valence-corrected chi connectivity index (χ3v) is 2.21. The number of aliphatic hydroxyl groups is 3. The second kappa shape index (κ2) is 5.64. The van der Waals surface area contributed by atoms with Crippen molar-refractivity contribution in [1.82, 2.24) is 4.98 Å². The first-order chi connectivity index (χ1) is 7.60. The number of aliphatic hydroxyl groups excluding tert-OH is 3. The Morgan fingerprint density at radius 3 is 2.69 bits per heavy atom. The van der Waals surface area contributed by atoms with Crippen molar-refractivity contribution in [3.63, 3.8) is 0 Å². The molecule has 2 unspecified atom stereocenters. The van der Waals surface area contributed by atoms with E-state index in [1.54, 1.807) is 6.07 Å². The van der Waals surface area contributed by atoms with Gasteiger partial charge in [-0.3, -0.25) is 0 Å². The van der Waals surface area contributed by atoms with Gasteiger partial charge in [0.15, 0.2) is 0 Å². The Hall–Kier alpha value is -1.37. The molecule has 1 aromatic rings. The van der Waals surface area contributed by atoms with Crippen molar-refractivity contribution in [2.75, 3.05) is 19.5 Å². The Morgan fingerprint density at radius 2 is 2.12 bits per heavy atom. The van der Waals surface area contributed by atoms with E-state index in [2.05, 4.69) is 4.98 Å². The van der Waals surface area contributed by atoms with E-state index in [-0.39, 0.29) is 24.4 Å². The quantitative estimate of drug-likeness (QED) is 0.538. The zero-order chi connectivity index (χ0) is 12.1. The zero-order valence-electron chi connectivity index (χ0n) is 9.00. The zero-order valence-corrected chi connectivity index (χ0v) is 9.00. The lowest BCUT2D eigenvalue weighted by Gasteiger charge is -2.18. The maximum Gasteiger partial charge on any atom is 0.213 e. The lowest BCUT2D eigenvalue weighted by Crippen LogP contribution is -2.21. The van der Waals surface area contributed by atoms with Crippen LogP contribution in [0.15, 0.2) is 12.1 Å². The molecule has 0 aromatic carbocycles. The lowest BCUT2D eigenvalue weighted by atomic mass is 10.1. The molecule has 0 aliphatic heterocycles. The largest absolute Gasteiger partial charge is 0.481 e. The Balaban J connectivity index is 2.92. The summed E-state index contributed by atoms with van der Waals surface area (Å²) in [5, 5.41) is 27.9. The first kappa shape index (κ1) is 12.7. The summed E-state index contributed by atoms with van der Waals surface area (Å²) in [6.45, 7) is -0.220. The highest BCUT2D eigenvalue weighted by molar-refractivity contribution is 5.45. The van der Waals surface area contributed by atoms with E-state index < -0.39 is 12.2 Å². The van der Waals surface area contributed by atoms with Gasteiger partial charge in [-0.05, 0) is 12.5 Å². The number of hydrogen-bond acceptors (Lipinski definition) is 6. The van der Waals surface area contributed by atoms with Crippen LogP contribution in [0.5, 0.6) is 5.88 Å². The molecule has 0 fully saturated rings. The van der Waals surface area contributed by atoms with E-state index in [0.717, 1.165) is 0 Å². The molecule has 0 saturated heterocycles. The number of nitrogen functional groups attached to an aromatic ring is 1. The summed E-state index contributed by atoms with van der Waals surface area (Å²) >= 11 is 0. The third kappa shape index (κ3) is 2.82. The number of nitrogens with zero attached hydrogens (tertiary/aromatic N) is 1. The normalized spacial score (nSPS) is 14.5. The summed E-state index contributed by atoms with van der Waals surface area (Å²) in [4.78, 5) is 3.96. The van der Waals surface area contributed by atoms with Crippen molar-refractivity contribution < 1.29 is 20.1 Å². The maximum atomic E-state index is 9.76. The second-order valence-electron chi connectivity index (χ2n) is 3.35. The van der Waals surface area contributed by atoms with Gasteiger partial charge in [0.25, 0.3) is 0 Å². The standard InChI is InChI=1S/C10H16N2O4/c1-16-8-3-2-6(11)9(12-8)10(15)7(14)4-5-13/h2-3,7,10,13-15H,4-5,11H2,1H3. The molecule has 0 saturated carbocycles. The summed E-state index contributed by atoms with van der Waals surface area (Å²) < 4.78 is 4.89.